The Morgan fingerprint density at radius 3 is 2.35 bits per heavy atom. The van der Waals surface area contributed by atoms with Crippen LogP contribution in [-0.4, -0.2) is 36.9 Å². The van der Waals surface area contributed by atoms with Crippen molar-refractivity contribution in [3.63, 3.8) is 0 Å². The Kier molecular flexibility index (Phi) is 3.91. The highest BCUT2D eigenvalue weighted by Crippen LogP contribution is 2.22. The third-order valence-corrected chi connectivity index (χ3v) is 4.45. The lowest BCUT2D eigenvalue weighted by molar-refractivity contribution is 0.0692. The summed E-state index contributed by atoms with van der Waals surface area (Å²) in [5.74, 6) is -4.04. The molecule has 20 heavy (non-hydrogen) atoms. The van der Waals surface area contributed by atoms with Crippen LogP contribution in [0.15, 0.2) is 12.1 Å². The molecule has 0 saturated carbocycles. The number of carbonyl (C=O) groups is 1. The number of aromatic carboxylic acids is 1. The van der Waals surface area contributed by atoms with Gasteiger partial charge in [0.05, 0.1) is 11.3 Å². The van der Waals surface area contributed by atoms with Gasteiger partial charge in [-0.1, -0.05) is 0 Å². The van der Waals surface area contributed by atoms with E-state index in [9.17, 15) is 22.0 Å². The standard InChI is InChI=1S/C11H12F2N2O4S/c12-8-6-9(13)10(5-7(8)11(16)17)14-20(18,19)15-3-1-2-4-15/h5-6,14H,1-4H2,(H,16,17). The third kappa shape index (κ3) is 2.88. The molecule has 0 unspecified atom stereocenters. The van der Waals surface area contributed by atoms with Crippen LogP contribution >= 0.6 is 0 Å². The summed E-state index contributed by atoms with van der Waals surface area (Å²) in [6, 6.07) is 0.964. The van der Waals surface area contributed by atoms with E-state index in [2.05, 4.69) is 0 Å². The molecule has 0 bridgehead atoms. The van der Waals surface area contributed by atoms with E-state index in [0.717, 1.165) is 4.31 Å². The van der Waals surface area contributed by atoms with Gasteiger partial charge in [-0.15, -0.1) is 0 Å². The molecule has 0 spiro atoms. The smallest absolute Gasteiger partial charge is 0.338 e. The highest BCUT2D eigenvalue weighted by molar-refractivity contribution is 7.90. The molecule has 9 heteroatoms. The van der Waals surface area contributed by atoms with Gasteiger partial charge in [0.2, 0.25) is 0 Å². The Morgan fingerprint density at radius 2 is 1.80 bits per heavy atom. The van der Waals surface area contributed by atoms with E-state index in [1.54, 1.807) is 0 Å². The van der Waals surface area contributed by atoms with E-state index in [-0.39, 0.29) is 0 Å². The van der Waals surface area contributed by atoms with E-state index in [1.807, 2.05) is 4.72 Å². The van der Waals surface area contributed by atoms with Crippen LogP contribution in [0, 0.1) is 11.6 Å². The fraction of sp³-hybridized carbons (Fsp3) is 0.364. The number of carboxylic acid groups (broad SMARTS) is 1. The summed E-state index contributed by atoms with van der Waals surface area (Å²) >= 11 is 0. The molecule has 2 rings (SSSR count). The summed E-state index contributed by atoms with van der Waals surface area (Å²) in [5.41, 5.74) is -1.39. The van der Waals surface area contributed by atoms with E-state index >= 15 is 0 Å². The second kappa shape index (κ2) is 5.33. The maximum absolute atomic E-state index is 13.5. The number of nitrogens with one attached hydrogen (secondary N) is 1. The lowest BCUT2D eigenvalue weighted by Crippen LogP contribution is -2.33. The summed E-state index contributed by atoms with van der Waals surface area (Å²) in [6.07, 6.45) is 1.40. The van der Waals surface area contributed by atoms with Crippen LogP contribution in [0.25, 0.3) is 0 Å². The fourth-order valence-corrected chi connectivity index (χ4v) is 3.23. The number of halogens is 2. The Morgan fingerprint density at radius 1 is 1.20 bits per heavy atom. The van der Waals surface area contributed by atoms with Crippen molar-refractivity contribution in [3.8, 4) is 0 Å². The van der Waals surface area contributed by atoms with Gasteiger partial charge in [-0.3, -0.25) is 4.72 Å². The summed E-state index contributed by atoms with van der Waals surface area (Å²) in [4.78, 5) is 10.8. The summed E-state index contributed by atoms with van der Waals surface area (Å²) in [7, 11) is -3.96. The normalized spacial score (nSPS) is 16.3. The van der Waals surface area contributed by atoms with Gasteiger partial charge in [-0.2, -0.15) is 12.7 Å². The van der Waals surface area contributed by atoms with E-state index in [4.69, 9.17) is 5.11 Å². The number of hydrogen-bond donors (Lipinski definition) is 2. The van der Waals surface area contributed by atoms with E-state index in [0.29, 0.717) is 38.1 Å². The first kappa shape index (κ1) is 14.7. The molecule has 1 fully saturated rings. The minimum Gasteiger partial charge on any atom is -0.478 e. The molecule has 1 aromatic carbocycles. The lowest BCUT2D eigenvalue weighted by atomic mass is 10.2. The highest BCUT2D eigenvalue weighted by Gasteiger charge is 2.27. The van der Waals surface area contributed by atoms with Gasteiger partial charge in [0, 0.05) is 19.2 Å². The van der Waals surface area contributed by atoms with Crippen molar-refractivity contribution < 1.29 is 27.1 Å². The molecule has 0 aromatic heterocycles. The minimum absolute atomic E-state index is 0.309. The van der Waals surface area contributed by atoms with Gasteiger partial charge >= 0.3 is 16.2 Å². The first-order valence-electron chi connectivity index (χ1n) is 5.81. The van der Waals surface area contributed by atoms with Crippen LogP contribution < -0.4 is 4.72 Å². The number of nitrogens with zero attached hydrogens (tertiary/aromatic N) is 1. The molecule has 2 N–H and O–H groups in total. The molecule has 0 atom stereocenters. The van der Waals surface area contributed by atoms with Crippen LogP contribution in [-0.2, 0) is 10.2 Å². The second-order valence-electron chi connectivity index (χ2n) is 4.33. The zero-order valence-corrected chi connectivity index (χ0v) is 11.1. The summed E-state index contributed by atoms with van der Waals surface area (Å²) < 4.78 is 53.7. The van der Waals surface area contributed by atoms with Gasteiger partial charge in [-0.25, -0.2) is 13.6 Å². The molecule has 0 radical (unpaired) electrons. The predicted molar refractivity (Wildman–Crippen MR) is 66.7 cm³/mol. The van der Waals surface area contributed by atoms with Crippen molar-refractivity contribution in [3.05, 3.63) is 29.3 Å². The molecule has 1 aliphatic rings. The zero-order valence-electron chi connectivity index (χ0n) is 10.3. The maximum Gasteiger partial charge on any atom is 0.338 e. The molecule has 1 heterocycles. The molecule has 0 aliphatic carbocycles. The fourth-order valence-electron chi connectivity index (χ4n) is 1.92. The van der Waals surface area contributed by atoms with Crippen molar-refractivity contribution in [2.45, 2.75) is 12.8 Å². The molecule has 110 valence electrons. The first-order valence-corrected chi connectivity index (χ1v) is 7.25. The van der Waals surface area contributed by atoms with Crippen LogP contribution in [0.3, 0.4) is 0 Å². The Hall–Kier alpha value is -1.74. The maximum atomic E-state index is 13.5. The molecule has 1 saturated heterocycles. The van der Waals surface area contributed by atoms with Crippen LogP contribution in [0.1, 0.15) is 23.2 Å². The SMILES string of the molecule is O=C(O)c1cc(NS(=O)(=O)N2CCCC2)c(F)cc1F. The van der Waals surface area contributed by atoms with E-state index < -0.39 is 39.1 Å². The van der Waals surface area contributed by atoms with Gasteiger partial charge in [0.25, 0.3) is 0 Å². The Balaban J connectivity index is 2.33. The zero-order chi connectivity index (χ0) is 14.9. The number of carboxylic acids is 1. The third-order valence-electron chi connectivity index (χ3n) is 2.93. The second-order valence-corrected chi connectivity index (χ2v) is 6.00. The summed E-state index contributed by atoms with van der Waals surface area (Å²) in [5, 5.41) is 8.74. The number of hydrogen-bond acceptors (Lipinski definition) is 3. The topological polar surface area (TPSA) is 86.7 Å². The molecule has 1 aromatic rings. The monoisotopic (exact) mass is 306 g/mol. The van der Waals surface area contributed by atoms with Crippen molar-refractivity contribution in [1.82, 2.24) is 4.31 Å². The molecule has 6 nitrogen and oxygen atoms in total. The van der Waals surface area contributed by atoms with Gasteiger partial charge < -0.3 is 5.11 Å². The predicted octanol–water partition coefficient (Wildman–Crippen LogP) is 1.42. The molecular weight excluding hydrogens is 294 g/mol. The van der Waals surface area contributed by atoms with Gasteiger partial charge in [0.1, 0.15) is 11.6 Å². The number of anilines is 1. The van der Waals surface area contributed by atoms with Gasteiger partial charge in [-0.05, 0) is 18.9 Å². The van der Waals surface area contributed by atoms with Crippen molar-refractivity contribution in [2.24, 2.45) is 0 Å². The number of rotatable bonds is 4. The lowest BCUT2D eigenvalue weighted by Gasteiger charge is -2.17. The van der Waals surface area contributed by atoms with Crippen LogP contribution in [0.2, 0.25) is 0 Å². The molecule has 0 amide bonds. The number of benzene rings is 1. The quantitative estimate of drug-likeness (QED) is 0.880. The molecule has 1 aliphatic heterocycles. The van der Waals surface area contributed by atoms with Crippen LogP contribution in [0.4, 0.5) is 14.5 Å². The first-order chi connectivity index (χ1) is 9.31. The van der Waals surface area contributed by atoms with Crippen molar-refractivity contribution in [1.29, 1.82) is 0 Å². The van der Waals surface area contributed by atoms with Crippen LogP contribution in [0.5, 0.6) is 0 Å². The minimum atomic E-state index is -3.96. The average molecular weight is 306 g/mol. The average Bonchev–Trinajstić information content (AvgIpc) is 2.86. The Labute approximate surface area is 114 Å². The van der Waals surface area contributed by atoms with Crippen molar-refractivity contribution >= 4 is 21.9 Å². The van der Waals surface area contributed by atoms with E-state index in [1.165, 1.54) is 0 Å². The van der Waals surface area contributed by atoms with Gasteiger partial charge in [0.15, 0.2) is 0 Å². The largest absolute Gasteiger partial charge is 0.478 e. The summed E-state index contributed by atoms with van der Waals surface area (Å²) in [6.45, 7) is 0.619. The molecular formula is C11H12F2N2O4S. The van der Waals surface area contributed by atoms with Crippen molar-refractivity contribution in [2.75, 3.05) is 17.8 Å². The Bertz CT molecular complexity index is 642. The highest BCUT2D eigenvalue weighted by atomic mass is 32.2.